The van der Waals surface area contributed by atoms with Crippen LogP contribution in [0.3, 0.4) is 0 Å². The standard InChI is InChI=1S/C21H20ClNO5/c1-13-9-15(4-6-17(13)22)27-12-21(25)23-18-10-14(3-7-20(18)26-2)19-8-5-16(11-24)28-19/h3-10,24H,11-12H2,1-2H3,(H,23,25). The molecule has 1 aromatic heterocycles. The third-order valence-corrected chi connectivity index (χ3v) is 4.50. The van der Waals surface area contributed by atoms with Crippen molar-refractivity contribution >= 4 is 23.2 Å². The first-order valence-corrected chi connectivity index (χ1v) is 8.94. The Morgan fingerprint density at radius 3 is 2.68 bits per heavy atom. The van der Waals surface area contributed by atoms with E-state index in [2.05, 4.69) is 5.32 Å². The van der Waals surface area contributed by atoms with Crippen molar-refractivity contribution in [2.45, 2.75) is 13.5 Å². The Bertz CT molecular complexity index is 983. The number of aryl methyl sites for hydroxylation is 1. The number of benzene rings is 2. The Hall–Kier alpha value is -2.96. The van der Waals surface area contributed by atoms with E-state index in [-0.39, 0.29) is 19.1 Å². The second-order valence-corrected chi connectivity index (χ2v) is 6.49. The van der Waals surface area contributed by atoms with Crippen molar-refractivity contribution in [1.82, 2.24) is 0 Å². The van der Waals surface area contributed by atoms with Crippen LogP contribution in [-0.4, -0.2) is 24.7 Å². The van der Waals surface area contributed by atoms with Gasteiger partial charge in [-0.2, -0.15) is 0 Å². The highest BCUT2D eigenvalue weighted by molar-refractivity contribution is 6.31. The minimum absolute atomic E-state index is 0.163. The molecule has 28 heavy (non-hydrogen) atoms. The molecule has 0 aliphatic carbocycles. The fourth-order valence-corrected chi connectivity index (χ4v) is 2.74. The molecule has 0 aliphatic heterocycles. The quantitative estimate of drug-likeness (QED) is 0.612. The normalized spacial score (nSPS) is 10.6. The van der Waals surface area contributed by atoms with Crippen molar-refractivity contribution in [3.63, 3.8) is 0 Å². The molecule has 0 atom stereocenters. The van der Waals surface area contributed by atoms with Gasteiger partial charge in [0.2, 0.25) is 0 Å². The van der Waals surface area contributed by atoms with Crippen molar-refractivity contribution in [3.05, 3.63) is 64.9 Å². The van der Waals surface area contributed by atoms with Crippen LogP contribution < -0.4 is 14.8 Å². The number of rotatable bonds is 7. The number of carbonyl (C=O) groups excluding carboxylic acids is 1. The molecule has 3 aromatic rings. The van der Waals surface area contributed by atoms with Crippen LogP contribution in [0.25, 0.3) is 11.3 Å². The van der Waals surface area contributed by atoms with Crippen LogP contribution in [0.2, 0.25) is 5.02 Å². The summed E-state index contributed by atoms with van der Waals surface area (Å²) in [5, 5.41) is 12.6. The number of hydrogen-bond acceptors (Lipinski definition) is 5. The number of methoxy groups -OCH3 is 1. The summed E-state index contributed by atoms with van der Waals surface area (Å²) in [5.41, 5.74) is 2.10. The largest absolute Gasteiger partial charge is 0.495 e. The van der Waals surface area contributed by atoms with Gasteiger partial charge < -0.3 is 24.3 Å². The van der Waals surface area contributed by atoms with Gasteiger partial charge in [-0.3, -0.25) is 4.79 Å². The van der Waals surface area contributed by atoms with Crippen molar-refractivity contribution in [3.8, 4) is 22.8 Å². The first kappa shape index (κ1) is 19.8. The van der Waals surface area contributed by atoms with Crippen molar-refractivity contribution < 1.29 is 23.8 Å². The molecule has 0 bridgehead atoms. The number of halogens is 1. The number of furan rings is 1. The molecule has 1 amide bonds. The Balaban J connectivity index is 1.71. The minimum atomic E-state index is -0.335. The summed E-state index contributed by atoms with van der Waals surface area (Å²) in [6.45, 7) is 1.52. The van der Waals surface area contributed by atoms with Gasteiger partial charge in [0.05, 0.1) is 12.8 Å². The zero-order chi connectivity index (χ0) is 20.1. The topological polar surface area (TPSA) is 80.9 Å². The van der Waals surface area contributed by atoms with Gasteiger partial charge in [0.15, 0.2) is 6.61 Å². The second-order valence-electron chi connectivity index (χ2n) is 6.09. The smallest absolute Gasteiger partial charge is 0.262 e. The van der Waals surface area contributed by atoms with Gasteiger partial charge in [-0.05, 0) is 61.0 Å². The SMILES string of the molecule is COc1ccc(-c2ccc(CO)o2)cc1NC(=O)COc1ccc(Cl)c(C)c1. The van der Waals surface area contributed by atoms with Crippen LogP contribution in [0, 0.1) is 6.92 Å². The van der Waals surface area contributed by atoms with Gasteiger partial charge in [0.1, 0.15) is 29.6 Å². The predicted molar refractivity (Wildman–Crippen MR) is 107 cm³/mol. The first-order valence-electron chi connectivity index (χ1n) is 8.57. The molecule has 2 aromatic carbocycles. The van der Waals surface area contributed by atoms with Crippen LogP contribution in [-0.2, 0) is 11.4 Å². The van der Waals surface area contributed by atoms with E-state index in [9.17, 15) is 4.79 Å². The van der Waals surface area contributed by atoms with Crippen LogP contribution >= 0.6 is 11.6 Å². The molecule has 0 aliphatic rings. The molecule has 2 N–H and O–H groups in total. The summed E-state index contributed by atoms with van der Waals surface area (Å²) < 4.78 is 16.4. The van der Waals surface area contributed by atoms with Gasteiger partial charge in [-0.1, -0.05) is 11.6 Å². The van der Waals surface area contributed by atoms with Crippen molar-refractivity contribution in [2.24, 2.45) is 0 Å². The number of ether oxygens (including phenoxy) is 2. The number of anilines is 1. The monoisotopic (exact) mass is 401 g/mol. The summed E-state index contributed by atoms with van der Waals surface area (Å²) >= 11 is 5.99. The molecule has 0 saturated heterocycles. The zero-order valence-electron chi connectivity index (χ0n) is 15.5. The van der Waals surface area contributed by atoms with E-state index in [1.165, 1.54) is 7.11 Å². The highest BCUT2D eigenvalue weighted by Gasteiger charge is 2.12. The molecule has 0 spiro atoms. The van der Waals surface area contributed by atoms with E-state index < -0.39 is 0 Å². The molecule has 0 saturated carbocycles. The summed E-state index contributed by atoms with van der Waals surface area (Å²) in [5.74, 6) is 1.77. The summed E-state index contributed by atoms with van der Waals surface area (Å²) in [6, 6.07) is 13.9. The van der Waals surface area contributed by atoms with Gasteiger partial charge in [0, 0.05) is 10.6 Å². The van der Waals surface area contributed by atoms with Crippen LogP contribution in [0.15, 0.2) is 52.9 Å². The fraction of sp³-hybridized carbons (Fsp3) is 0.190. The molecule has 0 unspecified atom stereocenters. The Morgan fingerprint density at radius 2 is 2.00 bits per heavy atom. The highest BCUT2D eigenvalue weighted by Crippen LogP contribution is 2.31. The van der Waals surface area contributed by atoms with Crippen LogP contribution in [0.4, 0.5) is 5.69 Å². The Morgan fingerprint density at radius 1 is 1.18 bits per heavy atom. The van der Waals surface area contributed by atoms with Gasteiger partial charge in [-0.25, -0.2) is 0 Å². The lowest BCUT2D eigenvalue weighted by Crippen LogP contribution is -2.20. The summed E-state index contributed by atoms with van der Waals surface area (Å²) in [6.07, 6.45) is 0. The molecule has 1 heterocycles. The molecular formula is C21H20ClNO5. The lowest BCUT2D eigenvalue weighted by atomic mass is 10.1. The minimum Gasteiger partial charge on any atom is -0.495 e. The van der Waals surface area contributed by atoms with E-state index in [1.54, 1.807) is 42.5 Å². The van der Waals surface area contributed by atoms with E-state index in [1.807, 2.05) is 13.0 Å². The molecule has 6 nitrogen and oxygen atoms in total. The average Bonchev–Trinajstić information content (AvgIpc) is 3.18. The third kappa shape index (κ3) is 4.65. The predicted octanol–water partition coefficient (Wildman–Crippen LogP) is 4.43. The molecule has 146 valence electrons. The number of nitrogens with one attached hydrogen (secondary N) is 1. The number of carbonyl (C=O) groups is 1. The Labute approximate surface area is 167 Å². The van der Waals surface area contributed by atoms with E-state index >= 15 is 0 Å². The summed E-state index contributed by atoms with van der Waals surface area (Å²) in [7, 11) is 1.52. The second kappa shape index (κ2) is 8.82. The fourth-order valence-electron chi connectivity index (χ4n) is 2.62. The van der Waals surface area contributed by atoms with E-state index in [0.717, 1.165) is 11.1 Å². The van der Waals surface area contributed by atoms with Gasteiger partial charge in [-0.15, -0.1) is 0 Å². The maximum Gasteiger partial charge on any atom is 0.262 e. The lowest BCUT2D eigenvalue weighted by Gasteiger charge is -2.12. The van der Waals surface area contributed by atoms with Crippen molar-refractivity contribution in [1.29, 1.82) is 0 Å². The van der Waals surface area contributed by atoms with Crippen molar-refractivity contribution in [2.75, 3.05) is 19.0 Å². The molecular weight excluding hydrogens is 382 g/mol. The number of aliphatic hydroxyl groups is 1. The van der Waals surface area contributed by atoms with Gasteiger partial charge >= 0.3 is 0 Å². The maximum atomic E-state index is 12.3. The molecule has 0 radical (unpaired) electrons. The number of aliphatic hydroxyl groups excluding tert-OH is 1. The van der Waals surface area contributed by atoms with Crippen LogP contribution in [0.5, 0.6) is 11.5 Å². The van der Waals surface area contributed by atoms with E-state index in [0.29, 0.717) is 33.7 Å². The number of amides is 1. The number of hydrogen-bond donors (Lipinski definition) is 2. The first-order chi connectivity index (χ1) is 13.5. The van der Waals surface area contributed by atoms with Gasteiger partial charge in [0.25, 0.3) is 5.91 Å². The zero-order valence-corrected chi connectivity index (χ0v) is 16.2. The maximum absolute atomic E-state index is 12.3. The average molecular weight is 402 g/mol. The van der Waals surface area contributed by atoms with Crippen LogP contribution in [0.1, 0.15) is 11.3 Å². The highest BCUT2D eigenvalue weighted by atomic mass is 35.5. The lowest BCUT2D eigenvalue weighted by molar-refractivity contribution is -0.118. The Kier molecular flexibility index (Phi) is 6.23. The molecule has 3 rings (SSSR count). The summed E-state index contributed by atoms with van der Waals surface area (Å²) in [4.78, 5) is 12.3. The third-order valence-electron chi connectivity index (χ3n) is 4.07. The molecule has 7 heteroatoms. The van der Waals surface area contributed by atoms with E-state index in [4.69, 9.17) is 30.6 Å². The molecule has 0 fully saturated rings.